The number of fused-ring (bicyclic) bond motifs is 7. The Kier molecular flexibility index (Phi) is 5.36. The van der Waals surface area contributed by atoms with E-state index in [1.54, 1.807) is 0 Å². The number of ether oxygens (including phenoxy) is 1. The molecule has 0 amide bonds. The number of methoxy groups -OCH3 is 1. The Morgan fingerprint density at radius 1 is 0.944 bits per heavy atom. The average molecular weight is 495 g/mol. The van der Waals surface area contributed by atoms with Crippen molar-refractivity contribution in [2.45, 2.75) is 100 Å². The van der Waals surface area contributed by atoms with Crippen molar-refractivity contribution >= 4 is 17.5 Å². The minimum absolute atomic E-state index is 0.00163. The fourth-order valence-electron chi connectivity index (χ4n) is 10.4. The molecule has 0 aromatic carbocycles. The maximum atomic E-state index is 14.4. The highest BCUT2D eigenvalue weighted by Crippen LogP contribution is 2.74. The van der Waals surface area contributed by atoms with Crippen LogP contribution in [0.4, 0.5) is 0 Å². The monoisotopic (exact) mass is 494 g/mol. The molecule has 4 nitrogen and oxygen atoms in total. The zero-order chi connectivity index (χ0) is 26.7. The molecule has 0 spiro atoms. The van der Waals surface area contributed by atoms with E-state index in [4.69, 9.17) is 4.74 Å². The number of allylic oxidation sites excluding steroid dienone is 4. The third-order valence-electron chi connectivity index (χ3n) is 12.5. The van der Waals surface area contributed by atoms with E-state index >= 15 is 0 Å². The Balaban J connectivity index is 1.69. The molecule has 5 rings (SSSR count). The molecule has 0 aromatic rings. The molecular formula is C32H46O4. The molecule has 5 aliphatic rings. The molecule has 0 heterocycles. The number of hydrogen-bond donors (Lipinski definition) is 0. The number of carbonyl (C=O) groups is 3. The quantitative estimate of drug-likeness (QED) is 0.373. The number of Topliss-reactive ketones (excluding diaryl/α,β-unsaturated/α-hetero) is 1. The van der Waals surface area contributed by atoms with Crippen molar-refractivity contribution in [1.82, 2.24) is 0 Å². The standard InChI is InChI=1S/C32H46O4/c1-19-17-29(6)22(28(4,5)25(19)34)10-11-30(7)23(29)16-21(33)24-20-18-27(2,3)12-14-32(20,26(35)36-9)15-13-31(24,30)8/h16-17,20,22,24H,10-15,18H2,1-9H3/t20-,22-,24-,29-,30+,31+,32-/m0/s1. The van der Waals surface area contributed by atoms with Gasteiger partial charge in [-0.05, 0) is 91.6 Å². The van der Waals surface area contributed by atoms with Gasteiger partial charge in [0.15, 0.2) is 11.6 Å². The van der Waals surface area contributed by atoms with E-state index in [-0.39, 0.29) is 56.9 Å². The number of hydrogen-bond acceptors (Lipinski definition) is 4. The van der Waals surface area contributed by atoms with Crippen LogP contribution in [0.1, 0.15) is 100 Å². The highest BCUT2D eigenvalue weighted by atomic mass is 16.5. The summed E-state index contributed by atoms with van der Waals surface area (Å²) in [6.07, 6.45) is 10.5. The summed E-state index contributed by atoms with van der Waals surface area (Å²) in [5.74, 6) is 0.330. The van der Waals surface area contributed by atoms with Crippen LogP contribution in [0, 0.1) is 50.2 Å². The lowest BCUT2D eigenvalue weighted by Crippen LogP contribution is -2.65. The Labute approximate surface area is 217 Å². The highest BCUT2D eigenvalue weighted by molar-refractivity contribution is 6.01. The van der Waals surface area contributed by atoms with Crippen LogP contribution in [0.25, 0.3) is 0 Å². The van der Waals surface area contributed by atoms with Crippen molar-refractivity contribution in [3.63, 3.8) is 0 Å². The molecule has 0 radical (unpaired) electrons. The van der Waals surface area contributed by atoms with Gasteiger partial charge in [0.1, 0.15) is 0 Å². The van der Waals surface area contributed by atoms with Crippen LogP contribution in [0.2, 0.25) is 0 Å². The molecule has 7 atom stereocenters. The van der Waals surface area contributed by atoms with E-state index in [2.05, 4.69) is 54.5 Å². The van der Waals surface area contributed by atoms with Crippen LogP contribution in [-0.4, -0.2) is 24.6 Å². The van der Waals surface area contributed by atoms with Crippen molar-refractivity contribution in [2.75, 3.05) is 7.11 Å². The maximum Gasteiger partial charge on any atom is 0.312 e. The summed E-state index contributed by atoms with van der Waals surface area (Å²) in [4.78, 5) is 40.9. The number of carbonyl (C=O) groups excluding carboxylic acids is 3. The van der Waals surface area contributed by atoms with Gasteiger partial charge in [-0.3, -0.25) is 14.4 Å². The average Bonchev–Trinajstić information content (AvgIpc) is 2.78. The molecule has 0 aliphatic heterocycles. The first kappa shape index (κ1) is 25.9. The van der Waals surface area contributed by atoms with Crippen LogP contribution in [0.5, 0.6) is 0 Å². The molecule has 4 heteroatoms. The molecule has 198 valence electrons. The van der Waals surface area contributed by atoms with Crippen LogP contribution < -0.4 is 0 Å². The summed E-state index contributed by atoms with van der Waals surface area (Å²) in [5, 5.41) is 0. The second-order valence-electron chi connectivity index (χ2n) is 15.1. The van der Waals surface area contributed by atoms with Gasteiger partial charge < -0.3 is 4.74 Å². The lowest BCUT2D eigenvalue weighted by molar-refractivity contribution is -0.191. The Bertz CT molecular complexity index is 1110. The summed E-state index contributed by atoms with van der Waals surface area (Å²) in [7, 11) is 1.51. The van der Waals surface area contributed by atoms with Crippen molar-refractivity contribution in [1.29, 1.82) is 0 Å². The number of rotatable bonds is 1. The van der Waals surface area contributed by atoms with Crippen molar-refractivity contribution in [2.24, 2.45) is 50.2 Å². The summed E-state index contributed by atoms with van der Waals surface area (Å²) < 4.78 is 5.42. The normalized spacial score (nSPS) is 46.9. The zero-order valence-electron chi connectivity index (χ0n) is 24.0. The summed E-state index contributed by atoms with van der Waals surface area (Å²) >= 11 is 0. The van der Waals surface area contributed by atoms with Crippen LogP contribution in [0.3, 0.4) is 0 Å². The second-order valence-corrected chi connectivity index (χ2v) is 15.1. The number of ketones is 2. The van der Waals surface area contributed by atoms with Gasteiger partial charge in [-0.2, -0.15) is 0 Å². The fourth-order valence-corrected chi connectivity index (χ4v) is 10.4. The molecule has 3 saturated carbocycles. The highest BCUT2D eigenvalue weighted by Gasteiger charge is 2.70. The van der Waals surface area contributed by atoms with E-state index in [9.17, 15) is 14.4 Å². The maximum absolute atomic E-state index is 14.4. The molecule has 5 aliphatic carbocycles. The molecule has 0 bridgehead atoms. The Morgan fingerprint density at radius 3 is 2.22 bits per heavy atom. The van der Waals surface area contributed by atoms with E-state index < -0.39 is 10.8 Å². The van der Waals surface area contributed by atoms with E-state index in [1.807, 2.05) is 13.0 Å². The first-order valence-electron chi connectivity index (χ1n) is 14.1. The van der Waals surface area contributed by atoms with E-state index in [0.29, 0.717) is 0 Å². The molecule has 3 fully saturated rings. The van der Waals surface area contributed by atoms with Gasteiger partial charge in [0.2, 0.25) is 0 Å². The van der Waals surface area contributed by atoms with Crippen molar-refractivity contribution in [3.8, 4) is 0 Å². The van der Waals surface area contributed by atoms with Gasteiger partial charge in [0.05, 0.1) is 12.5 Å². The third-order valence-corrected chi connectivity index (χ3v) is 12.5. The molecule has 0 unspecified atom stereocenters. The van der Waals surface area contributed by atoms with Crippen LogP contribution in [-0.2, 0) is 19.1 Å². The third kappa shape index (κ3) is 2.96. The van der Waals surface area contributed by atoms with E-state index in [0.717, 1.165) is 50.5 Å². The van der Waals surface area contributed by atoms with Gasteiger partial charge >= 0.3 is 5.97 Å². The molecule has 36 heavy (non-hydrogen) atoms. The zero-order valence-corrected chi connectivity index (χ0v) is 24.0. The minimum Gasteiger partial charge on any atom is -0.469 e. The smallest absolute Gasteiger partial charge is 0.312 e. The molecule has 0 saturated heterocycles. The second kappa shape index (κ2) is 7.44. The lowest BCUT2D eigenvalue weighted by Gasteiger charge is -2.68. The van der Waals surface area contributed by atoms with E-state index in [1.165, 1.54) is 12.7 Å². The van der Waals surface area contributed by atoms with Gasteiger partial charge in [-0.1, -0.05) is 60.1 Å². The summed E-state index contributed by atoms with van der Waals surface area (Å²) in [5.41, 5.74) is 0.448. The lowest BCUT2D eigenvalue weighted by atomic mass is 9.34. The van der Waals surface area contributed by atoms with Crippen LogP contribution >= 0.6 is 0 Å². The van der Waals surface area contributed by atoms with Crippen LogP contribution in [0.15, 0.2) is 23.3 Å². The summed E-state index contributed by atoms with van der Waals surface area (Å²) in [6, 6.07) is 0. The molecular weight excluding hydrogens is 448 g/mol. The fraction of sp³-hybridized carbons (Fsp3) is 0.781. The van der Waals surface area contributed by atoms with Gasteiger partial charge in [-0.25, -0.2) is 0 Å². The van der Waals surface area contributed by atoms with Gasteiger partial charge in [0.25, 0.3) is 0 Å². The molecule has 0 aromatic heterocycles. The largest absolute Gasteiger partial charge is 0.469 e. The SMILES string of the molecule is COC(=O)[C@]12CCC(C)(C)C[C@H]1[C@H]1C(=O)C=C3[C@@]4(C)C=C(C)C(=O)C(C)(C)[C@@H]4CC[C@@]3(C)[C@]1(C)CC2. The minimum atomic E-state index is -0.553. The first-order valence-corrected chi connectivity index (χ1v) is 14.1. The van der Waals surface area contributed by atoms with Crippen molar-refractivity contribution < 1.29 is 19.1 Å². The molecule has 0 N–H and O–H groups in total. The van der Waals surface area contributed by atoms with Gasteiger partial charge in [-0.15, -0.1) is 0 Å². The van der Waals surface area contributed by atoms with Gasteiger partial charge in [0, 0.05) is 16.7 Å². The van der Waals surface area contributed by atoms with Crippen molar-refractivity contribution in [3.05, 3.63) is 23.3 Å². The summed E-state index contributed by atoms with van der Waals surface area (Å²) in [6.45, 7) is 17.7. The predicted octanol–water partition coefficient (Wildman–Crippen LogP) is 6.88. The Hall–Kier alpha value is -1.71. The Morgan fingerprint density at radius 2 is 1.58 bits per heavy atom. The topological polar surface area (TPSA) is 60.4 Å². The number of esters is 1. The first-order chi connectivity index (χ1) is 16.5. The predicted molar refractivity (Wildman–Crippen MR) is 141 cm³/mol.